The van der Waals surface area contributed by atoms with Gasteiger partial charge in [0, 0.05) is 10.9 Å². The Morgan fingerprint density at radius 2 is 2.04 bits per heavy atom. The third kappa shape index (κ3) is 4.37. The molecular weight excluding hydrogens is 409 g/mol. The molecule has 0 fully saturated rings. The van der Waals surface area contributed by atoms with Gasteiger partial charge >= 0.3 is 0 Å². The van der Waals surface area contributed by atoms with E-state index in [-0.39, 0.29) is 30.6 Å². The second-order valence-corrected chi connectivity index (χ2v) is 6.64. The molecule has 0 aliphatic rings. The molecule has 3 N–H and O–H groups in total. The molecule has 1 amide bonds. The lowest BCUT2D eigenvalue weighted by Crippen LogP contribution is -2.25. The molecule has 0 saturated heterocycles. The van der Waals surface area contributed by atoms with Crippen molar-refractivity contribution in [1.82, 2.24) is 20.3 Å². The van der Waals surface area contributed by atoms with Crippen LogP contribution in [0.4, 0.5) is 10.3 Å². The number of amides is 1. The maximum absolute atomic E-state index is 13.1. The van der Waals surface area contributed by atoms with E-state index >= 15 is 0 Å². The molecule has 0 unspecified atom stereocenters. The van der Waals surface area contributed by atoms with Gasteiger partial charge < -0.3 is 11.1 Å². The highest BCUT2D eigenvalue weighted by atomic mass is 79.9. The fourth-order valence-corrected chi connectivity index (χ4v) is 3.27. The van der Waals surface area contributed by atoms with E-state index < -0.39 is 0 Å². The molecule has 0 radical (unpaired) electrons. The topological polar surface area (TPSA) is 93.8 Å². The minimum atomic E-state index is -0.337. The molecule has 3 rings (SSSR count). The van der Waals surface area contributed by atoms with Crippen LogP contribution in [0, 0.1) is 5.82 Å². The molecular formula is C16H13BrFN5OS. The summed E-state index contributed by atoms with van der Waals surface area (Å²) in [5, 5.41) is 4.61. The number of thiazole rings is 1. The Kier molecular flexibility index (Phi) is 5.34. The number of aromatic nitrogens is 3. The molecule has 6 nitrogen and oxygen atoms in total. The summed E-state index contributed by atoms with van der Waals surface area (Å²) in [4.78, 5) is 24.4. The van der Waals surface area contributed by atoms with E-state index in [4.69, 9.17) is 5.73 Å². The normalized spacial score (nSPS) is 10.6. The number of halogens is 2. The molecule has 2 heterocycles. The maximum Gasteiger partial charge on any atom is 0.226 e. The maximum atomic E-state index is 13.1. The Morgan fingerprint density at radius 3 is 2.72 bits per heavy atom. The van der Waals surface area contributed by atoms with Crippen molar-refractivity contribution < 1.29 is 9.18 Å². The summed E-state index contributed by atoms with van der Waals surface area (Å²) in [6.45, 7) is 0.185. The lowest BCUT2D eigenvalue weighted by Gasteiger charge is -2.11. The van der Waals surface area contributed by atoms with Gasteiger partial charge in [0.2, 0.25) is 11.9 Å². The fourth-order valence-electron chi connectivity index (χ4n) is 2.16. The van der Waals surface area contributed by atoms with Crippen molar-refractivity contribution in [3.63, 3.8) is 0 Å². The van der Waals surface area contributed by atoms with Crippen LogP contribution >= 0.6 is 27.3 Å². The van der Waals surface area contributed by atoms with Crippen LogP contribution < -0.4 is 11.1 Å². The zero-order valence-corrected chi connectivity index (χ0v) is 15.3. The minimum absolute atomic E-state index is 0.0753. The van der Waals surface area contributed by atoms with Crippen LogP contribution in [0.1, 0.15) is 11.4 Å². The van der Waals surface area contributed by atoms with Gasteiger partial charge in [0.05, 0.1) is 40.0 Å². The molecule has 0 bridgehead atoms. The van der Waals surface area contributed by atoms with Gasteiger partial charge in [-0.1, -0.05) is 0 Å². The minimum Gasteiger partial charge on any atom is -0.368 e. The third-order valence-electron chi connectivity index (χ3n) is 3.33. The average Bonchev–Trinajstić information content (AvgIpc) is 3.09. The van der Waals surface area contributed by atoms with E-state index in [2.05, 4.69) is 36.2 Å². The van der Waals surface area contributed by atoms with E-state index in [0.29, 0.717) is 21.4 Å². The largest absolute Gasteiger partial charge is 0.368 e. The summed E-state index contributed by atoms with van der Waals surface area (Å²) < 4.78 is 13.7. The summed E-state index contributed by atoms with van der Waals surface area (Å²) in [6, 6.07) is 5.89. The Hall–Kier alpha value is -2.39. The van der Waals surface area contributed by atoms with Crippen molar-refractivity contribution in [3.05, 3.63) is 56.8 Å². The first-order valence-electron chi connectivity index (χ1n) is 7.24. The van der Waals surface area contributed by atoms with Crippen molar-refractivity contribution in [2.75, 3.05) is 5.73 Å². The van der Waals surface area contributed by atoms with Crippen molar-refractivity contribution in [2.45, 2.75) is 13.0 Å². The van der Waals surface area contributed by atoms with E-state index in [9.17, 15) is 9.18 Å². The summed E-state index contributed by atoms with van der Waals surface area (Å²) in [6.07, 6.45) is 0.201. The Balaban J connectivity index is 1.77. The fraction of sp³-hybridized carbons (Fsp3) is 0.125. The summed E-state index contributed by atoms with van der Waals surface area (Å²) in [7, 11) is 0. The number of benzene rings is 1. The zero-order chi connectivity index (χ0) is 17.8. The molecule has 0 saturated carbocycles. The van der Waals surface area contributed by atoms with Crippen LogP contribution in [0.15, 0.2) is 39.6 Å². The van der Waals surface area contributed by atoms with Gasteiger partial charge in [-0.15, -0.1) is 11.3 Å². The number of hydrogen-bond acceptors (Lipinski definition) is 6. The Bertz CT molecular complexity index is 886. The third-order valence-corrected chi connectivity index (χ3v) is 4.80. The van der Waals surface area contributed by atoms with Gasteiger partial charge in [-0.3, -0.25) is 4.79 Å². The number of nitrogens with zero attached hydrogens (tertiary/aromatic N) is 3. The number of carbonyl (C=O) groups excluding carboxylic acids is 1. The van der Waals surface area contributed by atoms with E-state index in [0.717, 1.165) is 5.69 Å². The van der Waals surface area contributed by atoms with Crippen LogP contribution in [0.25, 0.3) is 11.3 Å². The standard InChI is InChI=1S/C16H13BrFN5OS/c17-14-12(6-20-13(24)5-11-7-25-8-21-11)22-16(19)23-15(14)9-1-3-10(18)4-2-9/h1-4,7-8H,5-6H2,(H,20,24)(H2,19,22,23). The van der Waals surface area contributed by atoms with Gasteiger partial charge in [0.25, 0.3) is 0 Å². The van der Waals surface area contributed by atoms with E-state index in [1.165, 1.54) is 23.5 Å². The van der Waals surface area contributed by atoms with Gasteiger partial charge in [0.1, 0.15) is 5.82 Å². The van der Waals surface area contributed by atoms with Crippen LogP contribution in [0.2, 0.25) is 0 Å². The number of hydrogen-bond donors (Lipinski definition) is 2. The van der Waals surface area contributed by atoms with Crippen LogP contribution in [-0.2, 0) is 17.8 Å². The smallest absolute Gasteiger partial charge is 0.226 e. The molecule has 3 aromatic rings. The highest BCUT2D eigenvalue weighted by Gasteiger charge is 2.14. The second-order valence-electron chi connectivity index (χ2n) is 5.13. The molecule has 0 aliphatic heterocycles. The number of nitrogens with two attached hydrogens (primary N) is 1. The monoisotopic (exact) mass is 421 g/mol. The predicted octanol–water partition coefficient (Wildman–Crippen LogP) is 2.94. The lowest BCUT2D eigenvalue weighted by molar-refractivity contribution is -0.120. The SMILES string of the molecule is Nc1nc(CNC(=O)Cc2cscn2)c(Br)c(-c2ccc(F)cc2)n1. The number of nitrogen functional groups attached to an aromatic ring is 1. The summed E-state index contributed by atoms with van der Waals surface area (Å²) in [5.74, 6) is -0.430. The van der Waals surface area contributed by atoms with Gasteiger partial charge in [-0.2, -0.15) is 0 Å². The number of nitrogens with one attached hydrogen (secondary N) is 1. The Morgan fingerprint density at radius 1 is 1.28 bits per heavy atom. The molecule has 25 heavy (non-hydrogen) atoms. The molecule has 0 atom stereocenters. The summed E-state index contributed by atoms with van der Waals surface area (Å²) in [5.41, 5.74) is 9.94. The predicted molar refractivity (Wildman–Crippen MR) is 97.2 cm³/mol. The van der Waals surface area contributed by atoms with Crippen LogP contribution in [-0.4, -0.2) is 20.9 Å². The highest BCUT2D eigenvalue weighted by Crippen LogP contribution is 2.29. The molecule has 128 valence electrons. The van der Waals surface area contributed by atoms with E-state index in [1.807, 2.05) is 5.38 Å². The molecule has 9 heteroatoms. The average molecular weight is 422 g/mol. The van der Waals surface area contributed by atoms with E-state index in [1.54, 1.807) is 17.6 Å². The number of anilines is 1. The van der Waals surface area contributed by atoms with Crippen molar-refractivity contribution in [1.29, 1.82) is 0 Å². The van der Waals surface area contributed by atoms with Crippen molar-refractivity contribution in [2.24, 2.45) is 0 Å². The van der Waals surface area contributed by atoms with Crippen LogP contribution in [0.3, 0.4) is 0 Å². The molecule has 1 aromatic carbocycles. The molecule has 0 aliphatic carbocycles. The Labute approximate surface area is 155 Å². The van der Waals surface area contributed by atoms with Crippen molar-refractivity contribution >= 4 is 39.1 Å². The number of rotatable bonds is 5. The first kappa shape index (κ1) is 17.4. The quantitative estimate of drug-likeness (QED) is 0.660. The highest BCUT2D eigenvalue weighted by molar-refractivity contribution is 9.10. The second kappa shape index (κ2) is 7.66. The van der Waals surface area contributed by atoms with Gasteiger partial charge in [-0.25, -0.2) is 19.3 Å². The molecule has 2 aromatic heterocycles. The van der Waals surface area contributed by atoms with Crippen LogP contribution in [0.5, 0.6) is 0 Å². The summed E-state index contributed by atoms with van der Waals surface area (Å²) >= 11 is 4.88. The van der Waals surface area contributed by atoms with Crippen molar-refractivity contribution in [3.8, 4) is 11.3 Å². The lowest BCUT2D eigenvalue weighted by atomic mass is 10.1. The number of carbonyl (C=O) groups is 1. The van der Waals surface area contributed by atoms with Gasteiger partial charge in [0.15, 0.2) is 0 Å². The first-order valence-corrected chi connectivity index (χ1v) is 8.98. The molecule has 0 spiro atoms. The first-order chi connectivity index (χ1) is 12.0. The van der Waals surface area contributed by atoms with Gasteiger partial charge in [-0.05, 0) is 40.2 Å². The zero-order valence-electron chi connectivity index (χ0n) is 12.9.